The first-order valence-electron chi connectivity index (χ1n) is 7.08. The molecule has 3 unspecified atom stereocenters. The third-order valence-electron chi connectivity index (χ3n) is 4.56. The average molecular weight is 449 g/mol. The van der Waals surface area contributed by atoms with E-state index >= 15 is 0 Å². The van der Waals surface area contributed by atoms with Gasteiger partial charge in [-0.1, -0.05) is 6.92 Å². The first-order valence-corrected chi connectivity index (χ1v) is 8.95. The maximum atomic E-state index is 12.9. The van der Waals surface area contributed by atoms with Gasteiger partial charge in [0.25, 0.3) is 5.91 Å². The molecule has 0 aliphatic carbocycles. The molecule has 3 atom stereocenters. The van der Waals surface area contributed by atoms with Gasteiger partial charge in [-0.3, -0.25) is 4.79 Å². The lowest BCUT2D eigenvalue weighted by Crippen LogP contribution is -2.39. The second kappa shape index (κ2) is 5.93. The predicted molar refractivity (Wildman–Crippen MR) is 91.8 cm³/mol. The maximum Gasteiger partial charge on any atom is 0.255 e. The number of carbonyl (C=O) groups is 1. The molecule has 2 aliphatic heterocycles. The number of halogens is 2. The highest BCUT2D eigenvalue weighted by atomic mass is 127. The highest BCUT2D eigenvalue weighted by Crippen LogP contribution is 2.36. The van der Waals surface area contributed by atoms with E-state index in [2.05, 4.69) is 55.7 Å². The quantitative estimate of drug-likeness (QED) is 0.705. The van der Waals surface area contributed by atoms with Crippen molar-refractivity contribution >= 4 is 44.4 Å². The van der Waals surface area contributed by atoms with Crippen LogP contribution in [0.1, 0.15) is 23.7 Å². The summed E-state index contributed by atoms with van der Waals surface area (Å²) in [6.45, 7) is 5.20. The summed E-state index contributed by atoms with van der Waals surface area (Å²) in [5, 5.41) is 3.46. The molecule has 20 heavy (non-hydrogen) atoms. The monoisotopic (exact) mass is 448 g/mol. The van der Waals surface area contributed by atoms with Crippen molar-refractivity contribution in [2.24, 2.45) is 11.8 Å². The van der Waals surface area contributed by atoms with E-state index in [9.17, 15) is 4.79 Å². The molecule has 3 rings (SSSR count). The Labute approximate surface area is 141 Å². The number of fused-ring (bicyclic) bond motifs is 1. The van der Waals surface area contributed by atoms with E-state index in [1.165, 1.54) is 0 Å². The standard InChI is InChI=1S/C15H18BrIN2O/c1-2-14-12-7-18-6-9(12)8-19(14)15(20)11-5-10(17)3-4-13(11)16/h3-5,9,12,14,18H,2,6-8H2,1H3. The molecule has 2 fully saturated rings. The second-order valence-electron chi connectivity index (χ2n) is 5.64. The van der Waals surface area contributed by atoms with Crippen LogP contribution in [0, 0.1) is 15.4 Å². The molecule has 2 aliphatic rings. The van der Waals surface area contributed by atoms with E-state index in [1.54, 1.807) is 0 Å². The second-order valence-corrected chi connectivity index (χ2v) is 7.74. The van der Waals surface area contributed by atoms with Crippen molar-refractivity contribution in [3.8, 4) is 0 Å². The van der Waals surface area contributed by atoms with Crippen molar-refractivity contribution in [2.45, 2.75) is 19.4 Å². The van der Waals surface area contributed by atoms with Crippen molar-refractivity contribution in [3.05, 3.63) is 31.8 Å². The van der Waals surface area contributed by atoms with Gasteiger partial charge in [0, 0.05) is 33.7 Å². The zero-order valence-electron chi connectivity index (χ0n) is 11.4. The molecule has 3 nitrogen and oxygen atoms in total. The van der Waals surface area contributed by atoms with Gasteiger partial charge in [-0.15, -0.1) is 0 Å². The topological polar surface area (TPSA) is 32.3 Å². The van der Waals surface area contributed by atoms with Crippen LogP contribution in [0.5, 0.6) is 0 Å². The SMILES string of the molecule is CCC1C2CNCC2CN1C(=O)c1cc(I)ccc1Br. The van der Waals surface area contributed by atoms with E-state index in [0.29, 0.717) is 17.9 Å². The number of hydrogen-bond acceptors (Lipinski definition) is 2. The van der Waals surface area contributed by atoms with Gasteiger partial charge in [0.05, 0.1) is 5.56 Å². The minimum Gasteiger partial charge on any atom is -0.335 e. The lowest BCUT2D eigenvalue weighted by Gasteiger charge is -2.27. The van der Waals surface area contributed by atoms with Crippen LogP contribution in [0.3, 0.4) is 0 Å². The summed E-state index contributed by atoms with van der Waals surface area (Å²) < 4.78 is 2.00. The average Bonchev–Trinajstić information content (AvgIpc) is 3.00. The van der Waals surface area contributed by atoms with Crippen molar-refractivity contribution < 1.29 is 4.79 Å². The molecular weight excluding hydrogens is 431 g/mol. The molecule has 0 radical (unpaired) electrons. The van der Waals surface area contributed by atoms with Crippen LogP contribution in [0.2, 0.25) is 0 Å². The van der Waals surface area contributed by atoms with E-state index in [1.807, 2.05) is 18.2 Å². The Morgan fingerprint density at radius 1 is 1.50 bits per heavy atom. The summed E-state index contributed by atoms with van der Waals surface area (Å²) in [5.41, 5.74) is 0.795. The van der Waals surface area contributed by atoms with Crippen LogP contribution < -0.4 is 5.32 Å². The number of nitrogens with zero attached hydrogens (tertiary/aromatic N) is 1. The number of hydrogen-bond donors (Lipinski definition) is 1. The Balaban J connectivity index is 1.88. The zero-order chi connectivity index (χ0) is 14.3. The molecule has 1 aromatic rings. The van der Waals surface area contributed by atoms with Gasteiger partial charge in [-0.05, 0) is 75.0 Å². The maximum absolute atomic E-state index is 12.9. The van der Waals surface area contributed by atoms with Gasteiger partial charge in [0.2, 0.25) is 0 Å². The normalized spacial score (nSPS) is 28.8. The third-order valence-corrected chi connectivity index (χ3v) is 5.92. The fraction of sp³-hybridized carbons (Fsp3) is 0.533. The van der Waals surface area contributed by atoms with Gasteiger partial charge in [-0.25, -0.2) is 0 Å². The molecule has 1 N–H and O–H groups in total. The lowest BCUT2D eigenvalue weighted by atomic mass is 9.93. The van der Waals surface area contributed by atoms with Crippen molar-refractivity contribution in [2.75, 3.05) is 19.6 Å². The van der Waals surface area contributed by atoms with Gasteiger partial charge >= 0.3 is 0 Å². The number of nitrogens with one attached hydrogen (secondary N) is 1. The molecule has 0 spiro atoms. The molecule has 0 saturated carbocycles. The predicted octanol–water partition coefficient (Wildman–Crippen LogP) is 3.12. The molecule has 5 heteroatoms. The Morgan fingerprint density at radius 2 is 2.30 bits per heavy atom. The van der Waals surface area contributed by atoms with Gasteiger partial charge in [0.1, 0.15) is 0 Å². The van der Waals surface area contributed by atoms with Crippen molar-refractivity contribution in [3.63, 3.8) is 0 Å². The fourth-order valence-electron chi connectivity index (χ4n) is 3.60. The first-order chi connectivity index (χ1) is 9.61. The van der Waals surface area contributed by atoms with Gasteiger partial charge in [-0.2, -0.15) is 0 Å². The summed E-state index contributed by atoms with van der Waals surface area (Å²) in [5.74, 6) is 1.44. The number of likely N-dealkylation sites (tertiary alicyclic amines) is 1. The molecular formula is C15H18BrIN2O. The summed E-state index contributed by atoms with van der Waals surface area (Å²) in [7, 11) is 0. The molecule has 1 amide bonds. The van der Waals surface area contributed by atoms with Crippen LogP contribution >= 0.6 is 38.5 Å². The molecule has 2 heterocycles. The Bertz CT molecular complexity index is 537. The fourth-order valence-corrected chi connectivity index (χ4v) is 4.50. The van der Waals surface area contributed by atoms with Crippen LogP contribution in [0.25, 0.3) is 0 Å². The lowest BCUT2D eigenvalue weighted by molar-refractivity contribution is 0.0710. The molecule has 0 bridgehead atoms. The minimum absolute atomic E-state index is 0.177. The van der Waals surface area contributed by atoms with Crippen LogP contribution in [0.4, 0.5) is 0 Å². The first kappa shape index (κ1) is 14.8. The summed E-state index contributed by atoms with van der Waals surface area (Å²) in [4.78, 5) is 15.0. The van der Waals surface area contributed by atoms with E-state index < -0.39 is 0 Å². The number of benzene rings is 1. The van der Waals surface area contributed by atoms with Crippen LogP contribution in [0.15, 0.2) is 22.7 Å². The summed E-state index contributed by atoms with van der Waals surface area (Å²) in [6.07, 6.45) is 1.04. The van der Waals surface area contributed by atoms with E-state index in [0.717, 1.165) is 39.7 Å². The highest BCUT2D eigenvalue weighted by Gasteiger charge is 2.45. The minimum atomic E-state index is 0.177. The van der Waals surface area contributed by atoms with E-state index in [-0.39, 0.29) is 5.91 Å². The van der Waals surface area contributed by atoms with Gasteiger partial charge in [0.15, 0.2) is 0 Å². The Hall–Kier alpha value is -0.140. The number of carbonyl (C=O) groups excluding carboxylic acids is 1. The largest absolute Gasteiger partial charge is 0.335 e. The summed E-state index contributed by atoms with van der Waals surface area (Å²) in [6, 6.07) is 6.34. The Morgan fingerprint density at radius 3 is 3.05 bits per heavy atom. The zero-order valence-corrected chi connectivity index (χ0v) is 15.1. The highest BCUT2D eigenvalue weighted by molar-refractivity contribution is 14.1. The Kier molecular flexibility index (Phi) is 4.38. The van der Waals surface area contributed by atoms with Crippen LogP contribution in [-0.4, -0.2) is 36.5 Å². The molecule has 1 aromatic carbocycles. The van der Waals surface area contributed by atoms with E-state index in [4.69, 9.17) is 0 Å². The van der Waals surface area contributed by atoms with Crippen molar-refractivity contribution in [1.29, 1.82) is 0 Å². The van der Waals surface area contributed by atoms with Gasteiger partial charge < -0.3 is 10.2 Å². The molecule has 108 valence electrons. The van der Waals surface area contributed by atoms with Crippen molar-refractivity contribution in [1.82, 2.24) is 10.2 Å². The smallest absolute Gasteiger partial charge is 0.255 e. The number of amides is 1. The molecule has 2 saturated heterocycles. The third kappa shape index (κ3) is 2.52. The number of rotatable bonds is 2. The molecule has 0 aromatic heterocycles. The summed E-state index contributed by atoms with van der Waals surface area (Å²) >= 11 is 5.78. The van der Waals surface area contributed by atoms with Crippen LogP contribution in [-0.2, 0) is 0 Å².